The first-order valence-corrected chi connectivity index (χ1v) is 11.1. The minimum absolute atomic E-state index is 0.203. The number of alkyl halides is 1. The van der Waals surface area contributed by atoms with Crippen LogP contribution in [0.3, 0.4) is 0 Å². The molecular weight excluding hydrogens is 430 g/mol. The highest BCUT2D eigenvalue weighted by molar-refractivity contribution is 5.90. The Morgan fingerprint density at radius 2 is 2.03 bits per heavy atom. The highest BCUT2D eigenvalue weighted by Crippen LogP contribution is 2.37. The van der Waals surface area contributed by atoms with Crippen LogP contribution in [0.5, 0.6) is 5.75 Å². The lowest BCUT2D eigenvalue weighted by Gasteiger charge is -2.42. The standard InChI is InChI=1S/C25H28F2N2O4/c1-18(30)28-25(27,14-19-7-3-2-4-8-19)23(31)29-12-6-11-24(17-29)15-22(16-32-24)33-21-10-5-9-20(26)13-21/h2-5,7-10,13,22H,6,11-12,14-17H2,1H3,(H,28,30)/t22-,24+,25?/m1/s1. The second-order valence-corrected chi connectivity index (χ2v) is 8.87. The highest BCUT2D eigenvalue weighted by Gasteiger charge is 2.49. The van der Waals surface area contributed by atoms with Gasteiger partial charge in [-0.2, -0.15) is 0 Å². The molecule has 0 radical (unpaired) electrons. The fourth-order valence-corrected chi connectivity index (χ4v) is 4.75. The number of carbonyl (C=O) groups is 2. The van der Waals surface area contributed by atoms with E-state index in [1.54, 1.807) is 42.5 Å². The molecule has 4 rings (SSSR count). The largest absolute Gasteiger partial charge is 0.488 e. The van der Waals surface area contributed by atoms with Crippen LogP contribution in [0.4, 0.5) is 8.78 Å². The molecule has 1 spiro atoms. The quantitative estimate of drug-likeness (QED) is 0.674. The van der Waals surface area contributed by atoms with E-state index in [1.807, 2.05) is 0 Å². The zero-order chi connectivity index (χ0) is 23.5. The molecule has 2 amide bonds. The molecule has 2 aliphatic rings. The van der Waals surface area contributed by atoms with Gasteiger partial charge in [0.25, 0.3) is 11.7 Å². The number of amides is 2. The van der Waals surface area contributed by atoms with Gasteiger partial charge in [0.2, 0.25) is 5.91 Å². The van der Waals surface area contributed by atoms with Gasteiger partial charge in [0.15, 0.2) is 0 Å². The molecule has 0 aliphatic carbocycles. The van der Waals surface area contributed by atoms with E-state index in [0.717, 1.165) is 0 Å². The Balaban J connectivity index is 1.46. The Bertz CT molecular complexity index is 1000. The van der Waals surface area contributed by atoms with Crippen LogP contribution in [-0.2, 0) is 20.7 Å². The number of halogens is 2. The molecule has 0 bridgehead atoms. The average molecular weight is 459 g/mol. The van der Waals surface area contributed by atoms with Gasteiger partial charge < -0.3 is 19.7 Å². The van der Waals surface area contributed by atoms with E-state index >= 15 is 4.39 Å². The SMILES string of the molecule is CC(=O)NC(F)(Cc1ccccc1)C(=O)N1CCC[C@]2(C[C@@H](Oc3cccc(F)c3)CO2)C1. The van der Waals surface area contributed by atoms with Crippen LogP contribution in [0.15, 0.2) is 54.6 Å². The summed E-state index contributed by atoms with van der Waals surface area (Å²) in [5.74, 6) is -3.92. The van der Waals surface area contributed by atoms with Crippen molar-refractivity contribution in [1.82, 2.24) is 10.2 Å². The van der Waals surface area contributed by atoms with Crippen LogP contribution in [0, 0.1) is 5.82 Å². The van der Waals surface area contributed by atoms with Gasteiger partial charge in [-0.1, -0.05) is 36.4 Å². The van der Waals surface area contributed by atoms with E-state index in [4.69, 9.17) is 9.47 Å². The summed E-state index contributed by atoms with van der Waals surface area (Å²) in [6.07, 6.45) is 1.29. The maximum atomic E-state index is 16.0. The third-order valence-corrected chi connectivity index (χ3v) is 6.10. The van der Waals surface area contributed by atoms with Gasteiger partial charge in [0.05, 0.1) is 12.2 Å². The maximum absolute atomic E-state index is 16.0. The molecule has 0 aromatic heterocycles. The normalized spacial score (nSPS) is 24.3. The van der Waals surface area contributed by atoms with Crippen molar-refractivity contribution < 1.29 is 27.8 Å². The first kappa shape index (κ1) is 23.2. The van der Waals surface area contributed by atoms with E-state index in [2.05, 4.69) is 5.32 Å². The van der Waals surface area contributed by atoms with Crippen LogP contribution in [0.1, 0.15) is 31.7 Å². The number of benzene rings is 2. The summed E-state index contributed by atoms with van der Waals surface area (Å²) < 4.78 is 41.4. The molecule has 0 saturated carbocycles. The molecule has 6 nitrogen and oxygen atoms in total. The first-order valence-electron chi connectivity index (χ1n) is 11.1. The summed E-state index contributed by atoms with van der Waals surface area (Å²) in [7, 11) is 0. The number of carbonyl (C=O) groups excluding carboxylic acids is 2. The maximum Gasteiger partial charge on any atom is 0.281 e. The van der Waals surface area contributed by atoms with Crippen LogP contribution in [0.2, 0.25) is 0 Å². The summed E-state index contributed by atoms with van der Waals surface area (Å²) in [5.41, 5.74) is -0.0509. The van der Waals surface area contributed by atoms with E-state index in [-0.39, 0.29) is 24.9 Å². The van der Waals surface area contributed by atoms with Crippen molar-refractivity contribution in [1.29, 1.82) is 0 Å². The molecule has 176 valence electrons. The fourth-order valence-electron chi connectivity index (χ4n) is 4.75. The summed E-state index contributed by atoms with van der Waals surface area (Å²) in [5, 5.41) is 2.23. The zero-order valence-electron chi connectivity index (χ0n) is 18.6. The van der Waals surface area contributed by atoms with E-state index in [0.29, 0.717) is 43.7 Å². The van der Waals surface area contributed by atoms with E-state index in [9.17, 15) is 14.0 Å². The summed E-state index contributed by atoms with van der Waals surface area (Å²) in [4.78, 5) is 26.5. The number of piperidine rings is 1. The van der Waals surface area contributed by atoms with Gasteiger partial charge >= 0.3 is 0 Å². The molecule has 2 aliphatic heterocycles. The van der Waals surface area contributed by atoms with Gasteiger partial charge in [-0.3, -0.25) is 9.59 Å². The van der Waals surface area contributed by atoms with Gasteiger partial charge in [0.1, 0.15) is 17.7 Å². The molecule has 2 saturated heterocycles. The van der Waals surface area contributed by atoms with Crippen molar-refractivity contribution in [3.8, 4) is 5.75 Å². The summed E-state index contributed by atoms with van der Waals surface area (Å²) >= 11 is 0. The number of nitrogens with zero attached hydrogens (tertiary/aromatic N) is 1. The Kier molecular flexibility index (Phi) is 6.65. The van der Waals surface area contributed by atoms with Gasteiger partial charge in [-0.25, -0.2) is 8.78 Å². The second-order valence-electron chi connectivity index (χ2n) is 8.87. The van der Waals surface area contributed by atoms with Crippen LogP contribution >= 0.6 is 0 Å². The molecule has 8 heteroatoms. The summed E-state index contributed by atoms with van der Waals surface area (Å²) in [6, 6.07) is 14.7. The molecule has 2 heterocycles. The van der Waals surface area contributed by atoms with Crippen LogP contribution in [0.25, 0.3) is 0 Å². The van der Waals surface area contributed by atoms with E-state index < -0.39 is 23.2 Å². The molecule has 1 unspecified atom stereocenters. The highest BCUT2D eigenvalue weighted by atomic mass is 19.1. The Morgan fingerprint density at radius 1 is 1.24 bits per heavy atom. The van der Waals surface area contributed by atoms with Crippen molar-refractivity contribution >= 4 is 11.8 Å². The summed E-state index contributed by atoms with van der Waals surface area (Å²) in [6.45, 7) is 2.07. The first-order chi connectivity index (χ1) is 15.8. The van der Waals surface area contributed by atoms with Crippen molar-refractivity contribution in [2.75, 3.05) is 19.7 Å². The Labute approximate surface area is 191 Å². The van der Waals surface area contributed by atoms with Gasteiger partial charge in [-0.05, 0) is 30.5 Å². The average Bonchev–Trinajstić information content (AvgIpc) is 3.14. The molecule has 33 heavy (non-hydrogen) atoms. The Hall–Kier alpha value is -3.00. The van der Waals surface area contributed by atoms with Crippen LogP contribution < -0.4 is 10.1 Å². The molecule has 1 N–H and O–H groups in total. The van der Waals surface area contributed by atoms with Crippen molar-refractivity contribution in [3.05, 3.63) is 66.0 Å². The number of hydrogen-bond acceptors (Lipinski definition) is 4. The molecule has 3 atom stereocenters. The minimum atomic E-state index is -2.55. The smallest absolute Gasteiger partial charge is 0.281 e. The predicted molar refractivity (Wildman–Crippen MR) is 118 cm³/mol. The fraction of sp³-hybridized carbons (Fsp3) is 0.440. The number of nitrogens with one attached hydrogen (secondary N) is 1. The Morgan fingerprint density at radius 3 is 2.76 bits per heavy atom. The molecular formula is C25H28F2N2O4. The van der Waals surface area contributed by atoms with Crippen molar-refractivity contribution in [2.45, 2.75) is 50.1 Å². The second kappa shape index (κ2) is 9.47. The minimum Gasteiger partial charge on any atom is -0.488 e. The van der Waals surface area contributed by atoms with Gasteiger partial charge in [0, 0.05) is 38.9 Å². The number of rotatable bonds is 6. The monoisotopic (exact) mass is 458 g/mol. The van der Waals surface area contributed by atoms with E-state index in [1.165, 1.54) is 24.0 Å². The lowest BCUT2D eigenvalue weighted by atomic mass is 9.88. The topological polar surface area (TPSA) is 67.9 Å². The lowest BCUT2D eigenvalue weighted by Crippen LogP contribution is -2.61. The number of hydrogen-bond donors (Lipinski definition) is 1. The molecule has 2 fully saturated rings. The lowest BCUT2D eigenvalue weighted by molar-refractivity contribution is -0.156. The molecule has 2 aromatic rings. The van der Waals surface area contributed by atoms with Gasteiger partial charge in [-0.15, -0.1) is 0 Å². The third-order valence-electron chi connectivity index (χ3n) is 6.10. The predicted octanol–water partition coefficient (Wildman–Crippen LogP) is 3.40. The number of ether oxygens (including phenoxy) is 2. The molecule has 2 aromatic carbocycles. The number of likely N-dealkylation sites (tertiary alicyclic amines) is 1. The van der Waals surface area contributed by atoms with Crippen LogP contribution in [-0.4, -0.2) is 53.9 Å². The van der Waals surface area contributed by atoms with Crippen molar-refractivity contribution in [2.24, 2.45) is 0 Å². The zero-order valence-corrected chi connectivity index (χ0v) is 18.6. The third kappa shape index (κ3) is 5.50. The van der Waals surface area contributed by atoms with Crippen molar-refractivity contribution in [3.63, 3.8) is 0 Å².